The van der Waals surface area contributed by atoms with Gasteiger partial charge in [0.25, 0.3) is 0 Å². The fourth-order valence-electron chi connectivity index (χ4n) is 3.98. The molecule has 0 spiro atoms. The molecular formula is C20H26N2O2. The number of nitrogens with zero attached hydrogens (tertiary/aromatic N) is 1. The van der Waals surface area contributed by atoms with Gasteiger partial charge in [-0.3, -0.25) is 4.79 Å². The predicted molar refractivity (Wildman–Crippen MR) is 95.1 cm³/mol. The molecule has 128 valence electrons. The number of amides is 1. The molecule has 1 fully saturated rings. The molecule has 1 amide bonds. The molecular weight excluding hydrogens is 300 g/mol. The zero-order chi connectivity index (χ0) is 16.7. The Morgan fingerprint density at radius 1 is 1.29 bits per heavy atom. The molecule has 1 aromatic heterocycles. The first kappa shape index (κ1) is 15.7. The average Bonchev–Trinajstić information content (AvgIpc) is 2.98. The lowest BCUT2D eigenvalue weighted by molar-refractivity contribution is -0.139. The van der Waals surface area contributed by atoms with Gasteiger partial charge in [-0.25, -0.2) is 0 Å². The number of carbonyl (C=O) groups excluding carboxylic acids is 1. The van der Waals surface area contributed by atoms with Crippen LogP contribution in [0.3, 0.4) is 0 Å². The summed E-state index contributed by atoms with van der Waals surface area (Å²) in [5, 5.41) is 1.29. The van der Waals surface area contributed by atoms with Gasteiger partial charge < -0.3 is 14.6 Å². The molecule has 24 heavy (non-hydrogen) atoms. The summed E-state index contributed by atoms with van der Waals surface area (Å²) in [6.07, 6.45) is 2.66. The van der Waals surface area contributed by atoms with Gasteiger partial charge >= 0.3 is 0 Å². The third-order valence-corrected chi connectivity index (χ3v) is 5.55. The van der Waals surface area contributed by atoms with Gasteiger partial charge in [-0.1, -0.05) is 19.9 Å². The van der Waals surface area contributed by atoms with E-state index in [0.717, 1.165) is 45.6 Å². The number of aromatic nitrogens is 1. The summed E-state index contributed by atoms with van der Waals surface area (Å²) in [5.74, 6) is 0.985. The van der Waals surface area contributed by atoms with Crippen molar-refractivity contribution >= 4 is 16.8 Å². The van der Waals surface area contributed by atoms with Crippen LogP contribution in [-0.4, -0.2) is 35.5 Å². The van der Waals surface area contributed by atoms with Crippen LogP contribution in [0, 0.1) is 5.92 Å². The number of carbonyl (C=O) groups is 1. The second-order valence-electron chi connectivity index (χ2n) is 7.44. The van der Waals surface area contributed by atoms with Crippen LogP contribution >= 0.6 is 0 Å². The van der Waals surface area contributed by atoms with Gasteiger partial charge in [0, 0.05) is 60.8 Å². The molecule has 1 saturated heterocycles. The summed E-state index contributed by atoms with van der Waals surface area (Å²) < 4.78 is 5.40. The van der Waals surface area contributed by atoms with Gasteiger partial charge in [0.05, 0.1) is 0 Å². The van der Waals surface area contributed by atoms with Crippen LogP contribution in [0.2, 0.25) is 0 Å². The summed E-state index contributed by atoms with van der Waals surface area (Å²) in [5.41, 5.74) is 5.18. The number of rotatable bonds is 2. The van der Waals surface area contributed by atoms with Crippen molar-refractivity contribution in [3.63, 3.8) is 0 Å². The van der Waals surface area contributed by atoms with Crippen LogP contribution in [0.4, 0.5) is 0 Å². The molecule has 0 aliphatic carbocycles. The number of benzene rings is 1. The summed E-state index contributed by atoms with van der Waals surface area (Å²) in [6.45, 7) is 7.46. The molecule has 0 radical (unpaired) electrons. The van der Waals surface area contributed by atoms with E-state index in [2.05, 4.69) is 41.9 Å². The summed E-state index contributed by atoms with van der Waals surface area (Å²) >= 11 is 0. The highest BCUT2D eigenvalue weighted by Crippen LogP contribution is 2.31. The summed E-state index contributed by atoms with van der Waals surface area (Å²) in [7, 11) is 0. The van der Waals surface area contributed by atoms with E-state index in [0.29, 0.717) is 11.8 Å². The number of hydrogen-bond donors (Lipinski definition) is 1. The molecule has 0 unspecified atom stereocenters. The Labute approximate surface area is 143 Å². The molecule has 2 aliphatic rings. The number of hydrogen-bond acceptors (Lipinski definition) is 2. The predicted octanol–water partition coefficient (Wildman–Crippen LogP) is 3.60. The highest BCUT2D eigenvalue weighted by atomic mass is 16.5. The maximum absolute atomic E-state index is 12.9. The molecule has 1 aromatic carbocycles. The topological polar surface area (TPSA) is 45.3 Å². The maximum atomic E-state index is 12.9. The van der Waals surface area contributed by atoms with Gasteiger partial charge in [0.15, 0.2) is 0 Å². The minimum absolute atomic E-state index is 0.150. The maximum Gasteiger partial charge on any atom is 0.226 e. The van der Waals surface area contributed by atoms with Crippen molar-refractivity contribution in [1.29, 1.82) is 0 Å². The Kier molecular flexibility index (Phi) is 4.09. The van der Waals surface area contributed by atoms with Crippen molar-refractivity contribution in [3.8, 4) is 0 Å². The lowest BCUT2D eigenvalue weighted by atomic mass is 9.95. The Hall–Kier alpha value is -1.81. The first-order chi connectivity index (χ1) is 11.6. The molecule has 2 aliphatic heterocycles. The van der Waals surface area contributed by atoms with Crippen LogP contribution in [0.5, 0.6) is 0 Å². The minimum atomic E-state index is 0.150. The Bertz CT molecular complexity index is 756. The average molecular weight is 326 g/mol. The molecule has 2 aromatic rings. The van der Waals surface area contributed by atoms with E-state index in [4.69, 9.17) is 4.74 Å². The Morgan fingerprint density at radius 3 is 2.83 bits per heavy atom. The molecule has 4 rings (SSSR count). The first-order valence-electron chi connectivity index (χ1n) is 9.13. The molecule has 4 nitrogen and oxygen atoms in total. The van der Waals surface area contributed by atoms with E-state index >= 15 is 0 Å². The van der Waals surface area contributed by atoms with Crippen molar-refractivity contribution in [3.05, 3.63) is 35.0 Å². The van der Waals surface area contributed by atoms with E-state index in [1.54, 1.807) is 0 Å². The summed E-state index contributed by atoms with van der Waals surface area (Å²) in [4.78, 5) is 18.5. The highest BCUT2D eigenvalue weighted by molar-refractivity contribution is 5.87. The minimum Gasteiger partial charge on any atom is -0.381 e. The highest BCUT2D eigenvalue weighted by Gasteiger charge is 2.30. The lowest BCUT2D eigenvalue weighted by Gasteiger charge is -2.32. The van der Waals surface area contributed by atoms with Crippen molar-refractivity contribution in [2.45, 2.75) is 45.6 Å². The molecule has 0 bridgehead atoms. The van der Waals surface area contributed by atoms with E-state index in [1.165, 1.54) is 27.7 Å². The molecule has 0 atom stereocenters. The van der Waals surface area contributed by atoms with Crippen molar-refractivity contribution in [1.82, 2.24) is 9.88 Å². The molecule has 0 saturated carbocycles. The fraction of sp³-hybridized carbons (Fsp3) is 0.550. The van der Waals surface area contributed by atoms with Crippen LogP contribution in [0.25, 0.3) is 10.9 Å². The van der Waals surface area contributed by atoms with Gasteiger partial charge in [0.1, 0.15) is 0 Å². The quantitative estimate of drug-likeness (QED) is 0.916. The van der Waals surface area contributed by atoms with Crippen LogP contribution in [-0.2, 0) is 22.5 Å². The number of aromatic amines is 1. The van der Waals surface area contributed by atoms with E-state index in [1.807, 2.05) is 0 Å². The number of fused-ring (bicyclic) bond motifs is 3. The van der Waals surface area contributed by atoms with Crippen LogP contribution in [0.1, 0.15) is 49.4 Å². The summed E-state index contributed by atoms with van der Waals surface area (Å²) in [6, 6.07) is 6.70. The third-order valence-electron chi connectivity index (χ3n) is 5.55. The SMILES string of the molecule is CC(C)c1ccc2[nH]c3c(c2c1)CN(C(=O)C1CCOCC1)CC3. The zero-order valence-electron chi connectivity index (χ0n) is 14.6. The smallest absolute Gasteiger partial charge is 0.226 e. The molecule has 3 heterocycles. The molecule has 1 N–H and O–H groups in total. The van der Waals surface area contributed by atoms with E-state index in [-0.39, 0.29) is 5.92 Å². The number of H-pyrrole nitrogens is 1. The fourth-order valence-corrected chi connectivity index (χ4v) is 3.98. The molecule has 4 heteroatoms. The monoisotopic (exact) mass is 326 g/mol. The van der Waals surface area contributed by atoms with Gasteiger partial charge in [-0.2, -0.15) is 0 Å². The van der Waals surface area contributed by atoms with Gasteiger partial charge in [-0.15, -0.1) is 0 Å². The largest absolute Gasteiger partial charge is 0.381 e. The Balaban J connectivity index is 1.62. The second kappa shape index (κ2) is 6.25. The standard InChI is InChI=1S/C20H26N2O2/c1-13(2)15-3-4-18-16(11-15)17-12-22(8-5-19(17)21-18)20(23)14-6-9-24-10-7-14/h3-4,11,13-14,21H,5-10,12H2,1-2H3. The van der Waals surface area contributed by atoms with Crippen LogP contribution in [0.15, 0.2) is 18.2 Å². The normalized spacial score (nSPS) is 19.0. The number of nitrogens with one attached hydrogen (secondary N) is 1. The third kappa shape index (κ3) is 2.73. The van der Waals surface area contributed by atoms with Crippen molar-refractivity contribution in [2.75, 3.05) is 19.8 Å². The Morgan fingerprint density at radius 2 is 2.08 bits per heavy atom. The number of ether oxygens (including phenoxy) is 1. The van der Waals surface area contributed by atoms with Crippen LogP contribution < -0.4 is 0 Å². The van der Waals surface area contributed by atoms with Crippen molar-refractivity contribution in [2.24, 2.45) is 5.92 Å². The lowest BCUT2D eigenvalue weighted by Crippen LogP contribution is -2.41. The second-order valence-corrected chi connectivity index (χ2v) is 7.44. The van der Waals surface area contributed by atoms with E-state index in [9.17, 15) is 4.79 Å². The van der Waals surface area contributed by atoms with Gasteiger partial charge in [0.2, 0.25) is 5.91 Å². The van der Waals surface area contributed by atoms with Gasteiger partial charge in [-0.05, 0) is 36.5 Å². The first-order valence-corrected chi connectivity index (χ1v) is 9.13. The van der Waals surface area contributed by atoms with E-state index < -0.39 is 0 Å². The zero-order valence-corrected chi connectivity index (χ0v) is 14.6. The van der Waals surface area contributed by atoms with Crippen molar-refractivity contribution < 1.29 is 9.53 Å².